The molecule has 1 nitrogen and oxygen atoms in total. The highest BCUT2D eigenvalue weighted by molar-refractivity contribution is 6.20. The maximum absolute atomic E-state index is 11.0. The molecule has 0 spiro atoms. The molecule has 0 fully saturated rings. The number of hydrogen-bond acceptors (Lipinski definition) is 1. The molecule has 0 heterocycles. The Morgan fingerprint density at radius 3 is 2.50 bits per heavy atom. The average molecular weight is 159 g/mol. The lowest BCUT2D eigenvalue weighted by Crippen LogP contribution is -1.94. The van der Waals surface area contributed by atoms with Crippen LogP contribution in [0.25, 0.3) is 0 Å². The molecule has 1 aliphatic rings. The quantitative estimate of drug-likeness (QED) is 0.535. The fraction of sp³-hybridized carbons (Fsp3) is 0.625. The zero-order valence-corrected chi connectivity index (χ0v) is 7.03. The minimum Gasteiger partial charge on any atom is -0.295 e. The number of carbonyl (C=O) groups excluding carboxylic acids is 1. The summed E-state index contributed by atoms with van der Waals surface area (Å²) in [6, 6.07) is 0. The second-order valence-corrected chi connectivity index (χ2v) is 3.08. The van der Waals surface area contributed by atoms with Crippen molar-refractivity contribution < 1.29 is 4.79 Å². The van der Waals surface area contributed by atoms with Gasteiger partial charge >= 0.3 is 0 Å². The van der Waals surface area contributed by atoms with Gasteiger partial charge in [0.1, 0.15) is 0 Å². The first kappa shape index (κ1) is 7.80. The molecule has 0 aliphatic heterocycles. The highest BCUT2D eigenvalue weighted by Gasteiger charge is 2.24. The fourth-order valence-corrected chi connectivity index (χ4v) is 1.80. The Balaban J connectivity index is 2.90. The number of halogens is 1. The van der Waals surface area contributed by atoms with Crippen molar-refractivity contribution in [3.63, 3.8) is 0 Å². The third-order valence-corrected chi connectivity index (χ3v) is 2.42. The molecule has 1 atom stereocenters. The van der Waals surface area contributed by atoms with Gasteiger partial charge in [-0.2, -0.15) is 0 Å². The Bertz CT molecular complexity index is 193. The number of rotatable bonds is 1. The summed E-state index contributed by atoms with van der Waals surface area (Å²) >= 11 is 5.65. The van der Waals surface area contributed by atoms with Crippen molar-refractivity contribution >= 4 is 17.4 Å². The van der Waals surface area contributed by atoms with Gasteiger partial charge in [-0.3, -0.25) is 4.79 Å². The van der Waals surface area contributed by atoms with Gasteiger partial charge in [-0.05, 0) is 24.0 Å². The van der Waals surface area contributed by atoms with E-state index >= 15 is 0 Å². The third-order valence-electron chi connectivity index (χ3n) is 2.13. The molecule has 1 unspecified atom stereocenters. The van der Waals surface area contributed by atoms with Crippen LogP contribution in [0, 0.1) is 5.92 Å². The van der Waals surface area contributed by atoms with Crippen LogP contribution >= 0.6 is 11.6 Å². The van der Waals surface area contributed by atoms with E-state index in [1.807, 2.05) is 13.8 Å². The van der Waals surface area contributed by atoms with E-state index in [2.05, 4.69) is 0 Å². The first-order valence-electron chi connectivity index (χ1n) is 3.45. The van der Waals surface area contributed by atoms with Crippen molar-refractivity contribution in [3.05, 3.63) is 11.1 Å². The van der Waals surface area contributed by atoms with Crippen molar-refractivity contribution in [1.29, 1.82) is 0 Å². The SMILES string of the molecule is CC1=C(CCl)C(C)CC1=O. The monoisotopic (exact) mass is 158 g/mol. The summed E-state index contributed by atoms with van der Waals surface area (Å²) in [6.45, 7) is 3.91. The van der Waals surface area contributed by atoms with Crippen LogP contribution in [0.5, 0.6) is 0 Å². The number of allylic oxidation sites excluding steroid dienone is 2. The van der Waals surface area contributed by atoms with E-state index in [1.165, 1.54) is 0 Å². The zero-order chi connectivity index (χ0) is 7.72. The molecule has 0 saturated heterocycles. The second kappa shape index (κ2) is 2.75. The molecule has 0 bridgehead atoms. The molecule has 0 aromatic heterocycles. The van der Waals surface area contributed by atoms with Crippen LogP contribution in [0.15, 0.2) is 11.1 Å². The average Bonchev–Trinajstić information content (AvgIpc) is 2.09. The highest BCUT2D eigenvalue weighted by Crippen LogP contribution is 2.28. The molecular formula is C8H11ClO. The summed E-state index contributed by atoms with van der Waals surface area (Å²) in [6.07, 6.45) is 0.661. The minimum absolute atomic E-state index is 0.267. The summed E-state index contributed by atoms with van der Waals surface area (Å²) in [7, 11) is 0. The Labute approximate surface area is 66.1 Å². The van der Waals surface area contributed by atoms with Gasteiger partial charge in [-0.25, -0.2) is 0 Å². The zero-order valence-electron chi connectivity index (χ0n) is 6.28. The van der Waals surface area contributed by atoms with Crippen molar-refractivity contribution in [2.75, 3.05) is 5.88 Å². The van der Waals surface area contributed by atoms with Crippen LogP contribution in [-0.2, 0) is 4.79 Å². The van der Waals surface area contributed by atoms with Crippen LogP contribution in [0.4, 0.5) is 0 Å². The van der Waals surface area contributed by atoms with Crippen molar-refractivity contribution in [3.8, 4) is 0 Å². The number of carbonyl (C=O) groups is 1. The molecule has 0 radical (unpaired) electrons. The minimum atomic E-state index is 0.267. The Morgan fingerprint density at radius 1 is 1.70 bits per heavy atom. The molecule has 56 valence electrons. The summed E-state index contributed by atoms with van der Waals surface area (Å²) < 4.78 is 0. The van der Waals surface area contributed by atoms with E-state index in [-0.39, 0.29) is 5.78 Å². The molecule has 0 amide bonds. The van der Waals surface area contributed by atoms with Gasteiger partial charge < -0.3 is 0 Å². The largest absolute Gasteiger partial charge is 0.295 e. The molecule has 0 saturated carbocycles. The van der Waals surface area contributed by atoms with Crippen LogP contribution in [0.3, 0.4) is 0 Å². The third kappa shape index (κ3) is 1.10. The lowest BCUT2D eigenvalue weighted by Gasteiger charge is -2.02. The summed E-state index contributed by atoms with van der Waals surface area (Å²) in [5, 5.41) is 0. The van der Waals surface area contributed by atoms with Crippen LogP contribution in [0.1, 0.15) is 20.3 Å². The van der Waals surface area contributed by atoms with Gasteiger partial charge in [0.05, 0.1) is 0 Å². The van der Waals surface area contributed by atoms with E-state index in [0.717, 1.165) is 11.1 Å². The van der Waals surface area contributed by atoms with E-state index in [9.17, 15) is 4.79 Å². The second-order valence-electron chi connectivity index (χ2n) is 2.81. The first-order valence-corrected chi connectivity index (χ1v) is 3.99. The number of ketones is 1. The van der Waals surface area contributed by atoms with Gasteiger partial charge in [0.15, 0.2) is 5.78 Å². The van der Waals surface area contributed by atoms with Gasteiger partial charge in [-0.15, -0.1) is 11.6 Å². The van der Waals surface area contributed by atoms with Crippen LogP contribution in [0.2, 0.25) is 0 Å². The maximum atomic E-state index is 11.0. The summed E-state index contributed by atoms with van der Waals surface area (Å²) in [5.41, 5.74) is 2.02. The Kier molecular flexibility index (Phi) is 2.14. The lowest BCUT2D eigenvalue weighted by atomic mass is 10.1. The number of Topliss-reactive ketones (excluding diaryl/α,β-unsaturated/α-hetero) is 1. The fourth-order valence-electron chi connectivity index (χ4n) is 1.33. The van der Waals surface area contributed by atoms with Crippen molar-refractivity contribution in [2.45, 2.75) is 20.3 Å². The van der Waals surface area contributed by atoms with Crippen molar-refractivity contribution in [2.24, 2.45) is 5.92 Å². The molecule has 0 N–H and O–H groups in total. The smallest absolute Gasteiger partial charge is 0.159 e. The van der Waals surface area contributed by atoms with Gasteiger partial charge in [-0.1, -0.05) is 6.92 Å². The molecule has 2 heteroatoms. The lowest BCUT2D eigenvalue weighted by molar-refractivity contribution is -0.115. The van der Waals surface area contributed by atoms with E-state index in [4.69, 9.17) is 11.6 Å². The van der Waals surface area contributed by atoms with E-state index < -0.39 is 0 Å². The van der Waals surface area contributed by atoms with Crippen LogP contribution in [-0.4, -0.2) is 11.7 Å². The standard InChI is InChI=1S/C8H11ClO/c1-5-3-8(10)6(2)7(5)4-9/h5H,3-4H2,1-2H3. The topological polar surface area (TPSA) is 17.1 Å². The molecule has 0 aromatic rings. The van der Waals surface area contributed by atoms with Gasteiger partial charge in [0.25, 0.3) is 0 Å². The molecule has 10 heavy (non-hydrogen) atoms. The Morgan fingerprint density at radius 2 is 2.30 bits per heavy atom. The molecule has 0 aromatic carbocycles. The van der Waals surface area contributed by atoms with E-state index in [1.54, 1.807) is 0 Å². The summed E-state index contributed by atoms with van der Waals surface area (Å²) in [5.74, 6) is 1.16. The van der Waals surface area contributed by atoms with Crippen molar-refractivity contribution in [1.82, 2.24) is 0 Å². The molecular weight excluding hydrogens is 148 g/mol. The maximum Gasteiger partial charge on any atom is 0.159 e. The predicted molar refractivity (Wildman–Crippen MR) is 42.2 cm³/mol. The first-order chi connectivity index (χ1) is 4.66. The highest BCUT2D eigenvalue weighted by atomic mass is 35.5. The summed E-state index contributed by atoms with van der Waals surface area (Å²) in [4.78, 5) is 11.0. The molecule has 1 aliphatic carbocycles. The molecule has 1 rings (SSSR count). The van der Waals surface area contributed by atoms with E-state index in [0.29, 0.717) is 18.2 Å². The Hall–Kier alpha value is -0.300. The van der Waals surface area contributed by atoms with Gasteiger partial charge in [0.2, 0.25) is 0 Å². The number of alkyl halides is 1. The van der Waals surface area contributed by atoms with Crippen LogP contribution < -0.4 is 0 Å². The normalized spacial score (nSPS) is 26.3. The number of hydrogen-bond donors (Lipinski definition) is 0. The predicted octanol–water partition coefficient (Wildman–Crippen LogP) is 2.15. The van der Waals surface area contributed by atoms with Gasteiger partial charge in [0, 0.05) is 12.3 Å².